The highest BCUT2D eigenvalue weighted by Gasteiger charge is 2.22. The van der Waals surface area contributed by atoms with Gasteiger partial charge in [-0.1, -0.05) is 31.5 Å². The topological polar surface area (TPSA) is 81.1 Å². The Morgan fingerprint density at radius 1 is 1.03 bits per heavy atom. The minimum atomic E-state index is -3.25. The normalized spacial score (nSPS) is 14.1. The van der Waals surface area contributed by atoms with Crippen molar-refractivity contribution in [2.45, 2.75) is 51.0 Å². The number of benzene rings is 3. The van der Waals surface area contributed by atoms with Crippen LogP contribution >= 0.6 is 0 Å². The van der Waals surface area contributed by atoms with Crippen LogP contribution in [-0.4, -0.2) is 29.6 Å². The van der Waals surface area contributed by atoms with E-state index in [4.69, 9.17) is 4.98 Å². The quantitative estimate of drug-likeness (QED) is 0.332. The van der Waals surface area contributed by atoms with Gasteiger partial charge in [-0.3, -0.25) is 4.79 Å². The summed E-state index contributed by atoms with van der Waals surface area (Å²) in [6, 6.07) is 20.7. The monoisotopic (exact) mass is 501 g/mol. The largest absolute Gasteiger partial charge is 0.326 e. The molecule has 0 radical (unpaired) electrons. The van der Waals surface area contributed by atoms with Crippen molar-refractivity contribution in [3.8, 4) is 11.4 Å². The van der Waals surface area contributed by atoms with Crippen LogP contribution in [0.1, 0.15) is 37.3 Å². The number of rotatable bonds is 8. The van der Waals surface area contributed by atoms with Crippen molar-refractivity contribution in [2.24, 2.45) is 5.92 Å². The predicted molar refractivity (Wildman–Crippen MR) is 144 cm³/mol. The van der Waals surface area contributed by atoms with Gasteiger partial charge in [0.05, 0.1) is 28.1 Å². The van der Waals surface area contributed by atoms with Crippen molar-refractivity contribution in [2.75, 3.05) is 11.1 Å². The van der Waals surface area contributed by atoms with E-state index in [2.05, 4.69) is 35.0 Å². The molecule has 1 amide bonds. The third kappa shape index (κ3) is 5.07. The van der Waals surface area contributed by atoms with Crippen molar-refractivity contribution in [3.05, 3.63) is 77.9 Å². The van der Waals surface area contributed by atoms with E-state index in [1.807, 2.05) is 24.3 Å². The lowest BCUT2D eigenvalue weighted by molar-refractivity contribution is -0.115. The van der Waals surface area contributed by atoms with E-state index in [0.717, 1.165) is 29.0 Å². The lowest BCUT2D eigenvalue weighted by Gasteiger charge is -2.26. The predicted octanol–water partition coefficient (Wildman–Crippen LogP) is 5.79. The molecule has 0 atom stereocenters. The van der Waals surface area contributed by atoms with E-state index in [1.165, 1.54) is 30.3 Å². The summed E-state index contributed by atoms with van der Waals surface area (Å²) < 4.78 is 26.3. The average molecular weight is 502 g/mol. The molecule has 6 nitrogen and oxygen atoms in total. The number of fused-ring (bicyclic) bond motifs is 1. The molecule has 3 aromatic carbocycles. The van der Waals surface area contributed by atoms with Crippen LogP contribution in [-0.2, 0) is 27.6 Å². The molecule has 1 N–H and O–H groups in total. The number of aromatic nitrogens is 2. The SMILES string of the molecule is CCS(=O)(=O)c1ccc(CC(=O)Nc2ccc(-c3nc4ccc(C)cc4n3CC3CCC3)cc2)cc1. The molecule has 36 heavy (non-hydrogen) atoms. The van der Waals surface area contributed by atoms with Gasteiger partial charge in [0.2, 0.25) is 5.91 Å². The molecule has 0 spiro atoms. The van der Waals surface area contributed by atoms with Crippen molar-refractivity contribution >= 4 is 32.5 Å². The number of amides is 1. The Kier molecular flexibility index (Phi) is 6.67. The van der Waals surface area contributed by atoms with Crippen LogP contribution in [0.15, 0.2) is 71.6 Å². The number of hydrogen-bond acceptors (Lipinski definition) is 4. The van der Waals surface area contributed by atoms with Gasteiger partial charge in [0.1, 0.15) is 5.82 Å². The fourth-order valence-electron chi connectivity index (χ4n) is 4.65. The molecule has 0 aliphatic heterocycles. The maximum absolute atomic E-state index is 12.6. The van der Waals surface area contributed by atoms with E-state index in [-0.39, 0.29) is 23.0 Å². The number of imidazole rings is 1. The second-order valence-corrected chi connectivity index (χ2v) is 12.0. The molecular formula is C29H31N3O3S. The van der Waals surface area contributed by atoms with Crippen LogP contribution in [0, 0.1) is 12.8 Å². The first-order chi connectivity index (χ1) is 17.3. The zero-order valence-electron chi connectivity index (χ0n) is 20.7. The summed E-state index contributed by atoms with van der Waals surface area (Å²) in [7, 11) is -3.25. The molecule has 1 aliphatic rings. The van der Waals surface area contributed by atoms with Gasteiger partial charge in [0.25, 0.3) is 0 Å². The molecule has 1 saturated carbocycles. The number of anilines is 1. The minimum Gasteiger partial charge on any atom is -0.326 e. The first-order valence-electron chi connectivity index (χ1n) is 12.5. The third-order valence-electron chi connectivity index (χ3n) is 7.02. The maximum Gasteiger partial charge on any atom is 0.228 e. The number of hydrogen-bond donors (Lipinski definition) is 1. The van der Waals surface area contributed by atoms with Gasteiger partial charge in [-0.05, 0) is 85.3 Å². The van der Waals surface area contributed by atoms with Crippen LogP contribution < -0.4 is 5.32 Å². The van der Waals surface area contributed by atoms with Gasteiger partial charge in [0.15, 0.2) is 9.84 Å². The zero-order valence-corrected chi connectivity index (χ0v) is 21.5. The van der Waals surface area contributed by atoms with Gasteiger partial charge < -0.3 is 9.88 Å². The number of carbonyl (C=O) groups excluding carboxylic acids is 1. The molecule has 1 aliphatic carbocycles. The number of aryl methyl sites for hydroxylation is 1. The highest BCUT2D eigenvalue weighted by atomic mass is 32.2. The molecule has 0 unspecified atom stereocenters. The first-order valence-corrected chi connectivity index (χ1v) is 14.2. The lowest BCUT2D eigenvalue weighted by atomic mass is 9.85. The Hall–Kier alpha value is -3.45. The Labute approximate surface area is 212 Å². The van der Waals surface area contributed by atoms with Crippen molar-refractivity contribution in [1.29, 1.82) is 0 Å². The van der Waals surface area contributed by atoms with E-state index < -0.39 is 9.84 Å². The molecule has 7 heteroatoms. The van der Waals surface area contributed by atoms with Crippen LogP contribution in [0.2, 0.25) is 0 Å². The highest BCUT2D eigenvalue weighted by Crippen LogP contribution is 2.33. The van der Waals surface area contributed by atoms with Gasteiger partial charge in [0, 0.05) is 17.8 Å². The fourth-order valence-corrected chi connectivity index (χ4v) is 5.53. The molecule has 1 heterocycles. The van der Waals surface area contributed by atoms with Gasteiger partial charge >= 0.3 is 0 Å². The zero-order chi connectivity index (χ0) is 25.3. The summed E-state index contributed by atoms with van der Waals surface area (Å²) in [5, 5.41) is 2.94. The summed E-state index contributed by atoms with van der Waals surface area (Å²) in [5.74, 6) is 1.57. The first kappa shape index (κ1) is 24.3. The fraction of sp³-hybridized carbons (Fsp3) is 0.310. The smallest absolute Gasteiger partial charge is 0.228 e. The van der Waals surface area contributed by atoms with Crippen molar-refractivity contribution < 1.29 is 13.2 Å². The molecule has 1 aromatic heterocycles. The van der Waals surface area contributed by atoms with Crippen molar-refractivity contribution in [3.63, 3.8) is 0 Å². The van der Waals surface area contributed by atoms with Crippen molar-refractivity contribution in [1.82, 2.24) is 9.55 Å². The minimum absolute atomic E-state index is 0.0549. The Bertz CT molecular complexity index is 1500. The van der Waals surface area contributed by atoms with Gasteiger partial charge in [-0.15, -0.1) is 0 Å². The lowest BCUT2D eigenvalue weighted by Crippen LogP contribution is -2.18. The molecule has 4 aromatic rings. The summed E-state index contributed by atoms with van der Waals surface area (Å²) in [6.07, 6.45) is 4.02. The summed E-state index contributed by atoms with van der Waals surface area (Å²) in [5.41, 5.74) is 5.90. The Morgan fingerprint density at radius 3 is 2.39 bits per heavy atom. The molecule has 1 fully saturated rings. The standard InChI is InChI=1S/C29H31N3O3S/c1-3-36(34,35)25-14-8-21(9-15-25)18-28(33)30-24-12-10-23(11-13-24)29-31-26-16-7-20(2)17-27(26)32(29)19-22-5-4-6-22/h7-17,22H,3-6,18-19H2,1-2H3,(H,30,33). The summed E-state index contributed by atoms with van der Waals surface area (Å²) in [4.78, 5) is 17.8. The van der Waals surface area contributed by atoms with E-state index in [9.17, 15) is 13.2 Å². The average Bonchev–Trinajstić information content (AvgIpc) is 3.19. The van der Waals surface area contributed by atoms with E-state index in [1.54, 1.807) is 31.2 Å². The summed E-state index contributed by atoms with van der Waals surface area (Å²) in [6.45, 7) is 4.71. The third-order valence-corrected chi connectivity index (χ3v) is 8.77. The molecule has 186 valence electrons. The maximum atomic E-state index is 12.6. The van der Waals surface area contributed by atoms with Gasteiger partial charge in [-0.25, -0.2) is 13.4 Å². The Morgan fingerprint density at radius 2 is 1.75 bits per heavy atom. The van der Waals surface area contributed by atoms with Crippen LogP contribution in [0.4, 0.5) is 5.69 Å². The molecule has 5 rings (SSSR count). The number of nitrogens with one attached hydrogen (secondary N) is 1. The molecule has 0 saturated heterocycles. The Balaban J connectivity index is 1.31. The second kappa shape index (κ2) is 9.90. The van der Waals surface area contributed by atoms with E-state index in [0.29, 0.717) is 11.6 Å². The van der Waals surface area contributed by atoms with Crippen LogP contribution in [0.5, 0.6) is 0 Å². The number of nitrogens with zero attached hydrogens (tertiary/aromatic N) is 2. The van der Waals surface area contributed by atoms with E-state index >= 15 is 0 Å². The van der Waals surface area contributed by atoms with Crippen LogP contribution in [0.3, 0.4) is 0 Å². The van der Waals surface area contributed by atoms with Gasteiger partial charge in [-0.2, -0.15) is 0 Å². The molecular weight excluding hydrogens is 470 g/mol. The summed E-state index contributed by atoms with van der Waals surface area (Å²) >= 11 is 0. The highest BCUT2D eigenvalue weighted by molar-refractivity contribution is 7.91. The number of sulfone groups is 1. The number of carbonyl (C=O) groups is 1. The van der Waals surface area contributed by atoms with Crippen LogP contribution in [0.25, 0.3) is 22.4 Å². The molecule has 0 bridgehead atoms. The second-order valence-electron chi connectivity index (χ2n) is 9.68.